The molecule has 2 atom stereocenters. The van der Waals surface area contributed by atoms with Crippen LogP contribution in [0.15, 0.2) is 59.1 Å². The average Bonchev–Trinajstić information content (AvgIpc) is 3.69. The highest BCUT2D eigenvalue weighted by molar-refractivity contribution is 5.76. The van der Waals surface area contributed by atoms with Crippen LogP contribution in [-0.4, -0.2) is 32.9 Å². The molecule has 0 amide bonds. The number of benzene rings is 3. The van der Waals surface area contributed by atoms with E-state index in [1.165, 1.54) is 19.9 Å². The van der Waals surface area contributed by atoms with Gasteiger partial charge >= 0.3 is 12.1 Å². The number of aliphatic carboxylic acids is 1. The highest BCUT2D eigenvalue weighted by Gasteiger charge is 2.37. The minimum absolute atomic E-state index is 0.0241. The van der Waals surface area contributed by atoms with E-state index < -0.39 is 23.3 Å². The summed E-state index contributed by atoms with van der Waals surface area (Å²) in [7, 11) is 0. The van der Waals surface area contributed by atoms with Crippen molar-refractivity contribution in [2.24, 2.45) is 0 Å². The monoisotopic (exact) mass is 592 g/mol. The number of carbonyl (C=O) groups is 1. The number of ether oxygens (including phenoxy) is 1. The summed E-state index contributed by atoms with van der Waals surface area (Å²) in [4.78, 5) is 15.4. The molecule has 2 heterocycles. The summed E-state index contributed by atoms with van der Waals surface area (Å²) in [5.41, 5.74) is 2.90. The lowest BCUT2D eigenvalue weighted by Gasteiger charge is -2.19. The van der Waals surface area contributed by atoms with Crippen LogP contribution >= 0.6 is 0 Å². The van der Waals surface area contributed by atoms with Crippen molar-refractivity contribution in [3.63, 3.8) is 0 Å². The number of aromatic nitrogens is 2. The van der Waals surface area contributed by atoms with Gasteiger partial charge in [-0.05, 0) is 85.4 Å². The number of nitrogens with zero attached hydrogens (tertiary/aromatic N) is 2. The van der Waals surface area contributed by atoms with Gasteiger partial charge in [0.1, 0.15) is 11.4 Å². The normalized spacial score (nSPS) is 17.9. The predicted molar refractivity (Wildman–Crippen MR) is 152 cm³/mol. The van der Waals surface area contributed by atoms with Crippen LogP contribution in [0.4, 0.5) is 13.2 Å². The van der Waals surface area contributed by atoms with Gasteiger partial charge in [-0.1, -0.05) is 47.6 Å². The van der Waals surface area contributed by atoms with Gasteiger partial charge in [-0.3, -0.25) is 4.79 Å². The number of hydrogen-bond donors (Lipinski definition) is 2. The third kappa shape index (κ3) is 5.76. The largest absolute Gasteiger partial charge is 0.493 e. The van der Waals surface area contributed by atoms with Gasteiger partial charge in [0.05, 0.1) is 18.6 Å². The summed E-state index contributed by atoms with van der Waals surface area (Å²) in [6.45, 7) is 3.40. The van der Waals surface area contributed by atoms with E-state index in [0.717, 1.165) is 41.5 Å². The maximum absolute atomic E-state index is 14.2. The number of carboxylic acids is 1. The molecule has 1 aliphatic carbocycles. The van der Waals surface area contributed by atoms with Crippen LogP contribution < -0.4 is 4.74 Å². The third-order valence-electron chi connectivity index (χ3n) is 8.38. The van der Waals surface area contributed by atoms with Crippen molar-refractivity contribution in [2.75, 3.05) is 6.61 Å². The second-order valence-electron chi connectivity index (χ2n) is 11.9. The van der Waals surface area contributed by atoms with Crippen LogP contribution in [0.3, 0.4) is 0 Å². The molecule has 0 bridgehead atoms. The van der Waals surface area contributed by atoms with Gasteiger partial charge in [0.2, 0.25) is 5.82 Å². The van der Waals surface area contributed by atoms with E-state index in [2.05, 4.69) is 10.1 Å². The zero-order valence-corrected chi connectivity index (χ0v) is 23.7. The zero-order valence-electron chi connectivity index (χ0n) is 23.7. The number of aliphatic hydroxyl groups is 1. The van der Waals surface area contributed by atoms with E-state index in [4.69, 9.17) is 14.4 Å². The molecule has 1 aliphatic heterocycles. The molecule has 0 fully saturated rings. The molecule has 0 saturated carbocycles. The molecular weight excluding hydrogens is 561 g/mol. The molecule has 6 rings (SSSR count). The molecule has 1 aromatic heterocycles. The topological polar surface area (TPSA) is 106 Å². The fraction of sp³-hybridized carbons (Fsp3) is 0.364. The first-order valence-corrected chi connectivity index (χ1v) is 14.3. The van der Waals surface area contributed by atoms with E-state index in [-0.39, 0.29) is 35.5 Å². The molecule has 2 N–H and O–H groups in total. The fourth-order valence-corrected chi connectivity index (χ4v) is 6.23. The first kappa shape index (κ1) is 28.9. The van der Waals surface area contributed by atoms with Gasteiger partial charge in [-0.2, -0.15) is 18.2 Å². The molecule has 2 aliphatic rings. The molecule has 0 saturated heterocycles. The Labute approximate surface area is 246 Å². The van der Waals surface area contributed by atoms with Gasteiger partial charge in [0.15, 0.2) is 0 Å². The summed E-state index contributed by atoms with van der Waals surface area (Å²) in [6, 6.07) is 15.3. The Morgan fingerprint density at radius 1 is 1.00 bits per heavy atom. The van der Waals surface area contributed by atoms with Crippen molar-refractivity contribution in [2.45, 2.75) is 69.6 Å². The second-order valence-corrected chi connectivity index (χ2v) is 11.9. The second kappa shape index (κ2) is 10.8. The molecule has 43 heavy (non-hydrogen) atoms. The number of alkyl halides is 3. The van der Waals surface area contributed by atoms with Crippen LogP contribution in [0.5, 0.6) is 5.75 Å². The number of rotatable bonds is 8. The number of hydrogen-bond acceptors (Lipinski definition) is 6. The molecule has 0 spiro atoms. The van der Waals surface area contributed by atoms with Crippen molar-refractivity contribution in [1.29, 1.82) is 0 Å². The highest BCUT2D eigenvalue weighted by atomic mass is 19.4. The number of aryl methyl sites for hydroxylation is 1. The summed E-state index contributed by atoms with van der Waals surface area (Å²) >= 11 is 0. The molecule has 0 radical (unpaired) electrons. The molecule has 10 heteroatoms. The average molecular weight is 593 g/mol. The smallest absolute Gasteiger partial charge is 0.417 e. The Kier molecular flexibility index (Phi) is 7.28. The Bertz CT molecular complexity index is 1670. The Balaban J connectivity index is 1.25. The van der Waals surface area contributed by atoms with E-state index in [1.54, 1.807) is 30.3 Å². The van der Waals surface area contributed by atoms with Crippen LogP contribution in [-0.2, 0) is 29.4 Å². The Hall–Kier alpha value is -4.18. The van der Waals surface area contributed by atoms with E-state index in [0.29, 0.717) is 29.9 Å². The number of halogens is 3. The van der Waals surface area contributed by atoms with Crippen molar-refractivity contribution in [3.05, 3.63) is 88.3 Å². The maximum Gasteiger partial charge on any atom is 0.417 e. The molecular formula is C33H31F3N2O5. The van der Waals surface area contributed by atoms with Crippen LogP contribution in [0.2, 0.25) is 0 Å². The van der Waals surface area contributed by atoms with Crippen LogP contribution in [0.1, 0.15) is 78.7 Å². The van der Waals surface area contributed by atoms with Gasteiger partial charge in [-0.15, -0.1) is 0 Å². The van der Waals surface area contributed by atoms with Gasteiger partial charge < -0.3 is 19.5 Å². The summed E-state index contributed by atoms with van der Waals surface area (Å²) in [5.74, 6) is 0.107. The third-order valence-corrected chi connectivity index (χ3v) is 8.38. The lowest BCUT2D eigenvalue weighted by Crippen LogP contribution is -2.15. The van der Waals surface area contributed by atoms with Crippen molar-refractivity contribution >= 4 is 5.97 Å². The first-order chi connectivity index (χ1) is 20.4. The van der Waals surface area contributed by atoms with Crippen LogP contribution in [0, 0.1) is 0 Å². The summed E-state index contributed by atoms with van der Waals surface area (Å²) in [5, 5.41) is 23.2. The molecule has 2 unspecified atom stereocenters. The SMILES string of the molecule is CC(C)(O)c1nc(-c2ccc(-c3c(C(F)(F)F)ccc4c3CCC4CCc3ccc4c(c3)OCC4CC(=O)O)cc2)no1. The van der Waals surface area contributed by atoms with E-state index in [1.807, 2.05) is 18.2 Å². The fourth-order valence-electron chi connectivity index (χ4n) is 6.23. The molecule has 7 nitrogen and oxygen atoms in total. The maximum atomic E-state index is 14.2. The Morgan fingerprint density at radius 3 is 2.40 bits per heavy atom. The van der Waals surface area contributed by atoms with E-state index in [9.17, 15) is 23.1 Å². The first-order valence-electron chi connectivity index (χ1n) is 14.3. The predicted octanol–water partition coefficient (Wildman–Crippen LogP) is 7.26. The molecule has 4 aromatic rings. The summed E-state index contributed by atoms with van der Waals surface area (Å²) < 4.78 is 53.6. The standard InChI is InChI=1S/C33H31F3N2O5/c1-32(2,41)31-37-30(38-43-31)21-8-6-20(7-9-21)29-25-12-10-19(23(25)13-14-26(29)33(34,35)36)5-3-18-4-11-24-22(16-28(39)40)17-42-27(24)15-18/h4,6-9,11,13-15,19,22,41H,3,5,10,12,16-17H2,1-2H3,(H,39,40). The minimum atomic E-state index is -4.51. The molecule has 3 aromatic carbocycles. The van der Waals surface area contributed by atoms with Crippen molar-refractivity contribution < 1.29 is 37.4 Å². The highest BCUT2D eigenvalue weighted by Crippen LogP contribution is 2.47. The van der Waals surface area contributed by atoms with E-state index >= 15 is 0 Å². The van der Waals surface area contributed by atoms with Gasteiger partial charge in [0, 0.05) is 17.0 Å². The quantitative estimate of drug-likeness (QED) is 0.222. The lowest BCUT2D eigenvalue weighted by molar-refractivity contribution is -0.138. The number of carboxylic acid groups (broad SMARTS) is 1. The Morgan fingerprint density at radius 2 is 1.72 bits per heavy atom. The van der Waals surface area contributed by atoms with Gasteiger partial charge in [-0.25, -0.2) is 0 Å². The van der Waals surface area contributed by atoms with Crippen LogP contribution in [0.25, 0.3) is 22.5 Å². The van der Waals surface area contributed by atoms with Crippen molar-refractivity contribution in [1.82, 2.24) is 10.1 Å². The lowest BCUT2D eigenvalue weighted by atomic mass is 9.88. The zero-order chi connectivity index (χ0) is 30.5. The molecule has 224 valence electrons. The van der Waals surface area contributed by atoms with Gasteiger partial charge in [0.25, 0.3) is 5.89 Å². The number of fused-ring (bicyclic) bond motifs is 2. The minimum Gasteiger partial charge on any atom is -0.493 e. The van der Waals surface area contributed by atoms with Crippen molar-refractivity contribution in [3.8, 4) is 28.3 Å². The summed E-state index contributed by atoms with van der Waals surface area (Å²) in [6.07, 6.45) is -1.69.